The van der Waals surface area contributed by atoms with E-state index in [0.29, 0.717) is 28.3 Å². The smallest absolute Gasteiger partial charge is 0.341 e. The summed E-state index contributed by atoms with van der Waals surface area (Å²) in [4.78, 5) is 25.8. The third-order valence-corrected chi connectivity index (χ3v) is 5.34. The van der Waals surface area contributed by atoms with Crippen molar-refractivity contribution in [2.24, 2.45) is 0 Å². The first kappa shape index (κ1) is 18.2. The Kier molecular flexibility index (Phi) is 5.04. The molecule has 1 aliphatic heterocycles. The number of ether oxygens (including phenoxy) is 2. The van der Waals surface area contributed by atoms with Crippen LogP contribution in [0.5, 0.6) is 0 Å². The van der Waals surface area contributed by atoms with Crippen molar-refractivity contribution in [2.75, 3.05) is 11.9 Å². The molecule has 1 N–H and O–H groups in total. The third-order valence-electron chi connectivity index (χ3n) is 3.79. The molecule has 3 rings (SSSR count). The van der Waals surface area contributed by atoms with Gasteiger partial charge in [0, 0.05) is 11.3 Å². The van der Waals surface area contributed by atoms with Crippen LogP contribution in [0.4, 0.5) is 5.00 Å². The van der Waals surface area contributed by atoms with Crippen molar-refractivity contribution < 1.29 is 23.5 Å². The van der Waals surface area contributed by atoms with Gasteiger partial charge in [-0.2, -0.15) is 0 Å². The van der Waals surface area contributed by atoms with E-state index in [-0.39, 0.29) is 18.0 Å². The highest BCUT2D eigenvalue weighted by molar-refractivity contribution is 9.10. The van der Waals surface area contributed by atoms with Crippen molar-refractivity contribution in [3.05, 3.63) is 38.6 Å². The van der Waals surface area contributed by atoms with E-state index in [0.717, 1.165) is 10.4 Å². The number of anilines is 1. The van der Waals surface area contributed by atoms with Crippen LogP contribution in [-0.2, 0) is 22.5 Å². The van der Waals surface area contributed by atoms with E-state index >= 15 is 0 Å². The Hall–Kier alpha value is -1.64. The number of fused-ring (bicyclic) bond motifs is 1. The first-order chi connectivity index (χ1) is 11.8. The Morgan fingerprint density at radius 1 is 1.40 bits per heavy atom. The van der Waals surface area contributed by atoms with Gasteiger partial charge < -0.3 is 19.2 Å². The van der Waals surface area contributed by atoms with Gasteiger partial charge in [0.1, 0.15) is 5.00 Å². The second kappa shape index (κ2) is 6.93. The Bertz CT molecular complexity index is 823. The van der Waals surface area contributed by atoms with E-state index in [1.807, 2.05) is 13.8 Å². The van der Waals surface area contributed by atoms with Gasteiger partial charge in [-0.3, -0.25) is 4.79 Å². The van der Waals surface area contributed by atoms with Gasteiger partial charge >= 0.3 is 5.97 Å². The number of halogens is 1. The summed E-state index contributed by atoms with van der Waals surface area (Å²) in [5.74, 6) is -0.701. The Balaban J connectivity index is 1.97. The molecule has 0 radical (unpaired) electrons. The highest BCUT2D eigenvalue weighted by Gasteiger charge is 2.34. The van der Waals surface area contributed by atoms with Crippen LogP contribution < -0.4 is 5.32 Å². The van der Waals surface area contributed by atoms with Gasteiger partial charge in [-0.15, -0.1) is 11.3 Å². The van der Waals surface area contributed by atoms with Crippen LogP contribution in [-0.4, -0.2) is 24.1 Å². The van der Waals surface area contributed by atoms with Gasteiger partial charge in [0.15, 0.2) is 10.4 Å². The van der Waals surface area contributed by atoms with Gasteiger partial charge in [-0.25, -0.2) is 4.79 Å². The minimum absolute atomic E-state index is 0.157. The van der Waals surface area contributed by atoms with Crippen LogP contribution in [0.3, 0.4) is 0 Å². The van der Waals surface area contributed by atoms with E-state index in [2.05, 4.69) is 21.2 Å². The second-order valence-corrected chi connectivity index (χ2v) is 8.10. The fourth-order valence-corrected chi connectivity index (χ4v) is 4.08. The lowest BCUT2D eigenvalue weighted by Gasteiger charge is -2.30. The molecule has 2 aromatic heterocycles. The first-order valence-corrected chi connectivity index (χ1v) is 9.44. The van der Waals surface area contributed by atoms with Crippen LogP contribution in [0.2, 0.25) is 0 Å². The lowest BCUT2D eigenvalue weighted by atomic mass is 9.93. The highest BCUT2D eigenvalue weighted by Crippen LogP contribution is 2.41. The molecule has 0 aromatic carbocycles. The molecule has 0 unspecified atom stereocenters. The molecule has 1 amide bonds. The number of nitrogens with one attached hydrogen (secondary N) is 1. The van der Waals surface area contributed by atoms with Crippen LogP contribution in [0.25, 0.3) is 0 Å². The average molecular weight is 428 g/mol. The predicted molar refractivity (Wildman–Crippen MR) is 97.2 cm³/mol. The van der Waals surface area contributed by atoms with Crippen molar-refractivity contribution in [2.45, 2.75) is 39.4 Å². The maximum absolute atomic E-state index is 12.5. The van der Waals surface area contributed by atoms with Crippen molar-refractivity contribution >= 4 is 44.1 Å². The average Bonchev–Trinajstić information content (AvgIpc) is 3.10. The van der Waals surface area contributed by atoms with E-state index in [1.165, 1.54) is 11.3 Å². The minimum Gasteiger partial charge on any atom is -0.462 e. The molecule has 2 aromatic rings. The maximum Gasteiger partial charge on any atom is 0.341 e. The van der Waals surface area contributed by atoms with Crippen LogP contribution in [0, 0.1) is 0 Å². The second-order valence-electron chi connectivity index (χ2n) is 6.21. The summed E-state index contributed by atoms with van der Waals surface area (Å²) in [5, 5.41) is 3.23. The number of carbonyl (C=O) groups excluding carboxylic acids is 2. The van der Waals surface area contributed by atoms with E-state index in [9.17, 15) is 9.59 Å². The van der Waals surface area contributed by atoms with Crippen LogP contribution in [0.1, 0.15) is 52.1 Å². The summed E-state index contributed by atoms with van der Waals surface area (Å²) >= 11 is 4.50. The van der Waals surface area contributed by atoms with E-state index < -0.39 is 11.9 Å². The molecule has 134 valence electrons. The molecule has 0 saturated heterocycles. The Labute approximate surface area is 157 Å². The zero-order chi connectivity index (χ0) is 18.2. The number of thiophene rings is 1. The van der Waals surface area contributed by atoms with Crippen molar-refractivity contribution in [1.82, 2.24) is 0 Å². The molecule has 1 aliphatic rings. The van der Waals surface area contributed by atoms with E-state index in [4.69, 9.17) is 13.9 Å². The fraction of sp³-hybridized carbons (Fsp3) is 0.412. The van der Waals surface area contributed by atoms with Crippen molar-refractivity contribution in [1.29, 1.82) is 0 Å². The Morgan fingerprint density at radius 3 is 2.80 bits per heavy atom. The van der Waals surface area contributed by atoms with Crippen LogP contribution in [0.15, 0.2) is 21.2 Å². The molecule has 6 nitrogen and oxygen atoms in total. The molecule has 8 heteroatoms. The number of hydrogen-bond donors (Lipinski definition) is 1. The predicted octanol–water partition coefficient (Wildman–Crippen LogP) is 4.38. The number of furan rings is 1. The largest absolute Gasteiger partial charge is 0.462 e. The summed E-state index contributed by atoms with van der Waals surface area (Å²) < 4.78 is 16.7. The number of rotatable bonds is 4. The molecule has 0 bridgehead atoms. The Morgan fingerprint density at radius 2 is 2.16 bits per heavy atom. The molecule has 0 atom stereocenters. The molecule has 0 aliphatic carbocycles. The van der Waals surface area contributed by atoms with Crippen LogP contribution >= 0.6 is 27.3 Å². The molecule has 0 saturated carbocycles. The summed E-state index contributed by atoms with van der Waals surface area (Å²) in [6.07, 6.45) is 0.579. The third kappa shape index (κ3) is 3.80. The van der Waals surface area contributed by atoms with Gasteiger partial charge in [0.25, 0.3) is 5.91 Å². The van der Waals surface area contributed by atoms with Gasteiger partial charge in [0.05, 0.1) is 24.4 Å². The molecule has 0 spiro atoms. The highest BCUT2D eigenvalue weighted by atomic mass is 79.9. The number of esters is 1. The summed E-state index contributed by atoms with van der Waals surface area (Å²) in [6, 6.07) is 3.19. The lowest BCUT2D eigenvalue weighted by molar-refractivity contribution is -0.0384. The van der Waals surface area contributed by atoms with E-state index in [1.54, 1.807) is 19.1 Å². The monoisotopic (exact) mass is 427 g/mol. The van der Waals surface area contributed by atoms with Crippen molar-refractivity contribution in [3.63, 3.8) is 0 Å². The summed E-state index contributed by atoms with van der Waals surface area (Å²) in [6.45, 7) is 6.37. The normalized spacial score (nSPS) is 15.5. The van der Waals surface area contributed by atoms with Gasteiger partial charge in [-0.1, -0.05) is 0 Å². The van der Waals surface area contributed by atoms with Gasteiger partial charge in [0.2, 0.25) is 0 Å². The zero-order valence-electron chi connectivity index (χ0n) is 14.1. The quantitative estimate of drug-likeness (QED) is 0.732. The molecule has 25 heavy (non-hydrogen) atoms. The maximum atomic E-state index is 12.5. The number of amides is 1. The number of carbonyl (C=O) groups is 2. The van der Waals surface area contributed by atoms with Crippen molar-refractivity contribution in [3.8, 4) is 0 Å². The molecular formula is C17H18BrNO5S. The standard InChI is InChI=1S/C17H18BrNO5S/c1-4-22-16(21)13-9-7-17(2,3)23-8-11(9)25-15(13)19-14(20)10-5-6-12(18)24-10/h5-6H,4,7-8H2,1-3H3,(H,19,20). The zero-order valence-corrected chi connectivity index (χ0v) is 16.5. The molecule has 0 fully saturated rings. The summed E-state index contributed by atoms with van der Waals surface area (Å²) in [7, 11) is 0. The molecule has 3 heterocycles. The molecular weight excluding hydrogens is 410 g/mol. The SMILES string of the molecule is CCOC(=O)c1c(NC(=O)c2ccc(Br)o2)sc2c1CC(C)(C)OC2. The van der Waals surface area contributed by atoms with Gasteiger partial charge in [-0.05, 0) is 54.4 Å². The first-order valence-electron chi connectivity index (χ1n) is 7.83. The fourth-order valence-electron chi connectivity index (χ4n) is 2.66. The minimum atomic E-state index is -0.436. The summed E-state index contributed by atoms with van der Waals surface area (Å²) in [5.41, 5.74) is 0.926. The number of hydrogen-bond acceptors (Lipinski definition) is 6. The lowest BCUT2D eigenvalue weighted by Crippen LogP contribution is -2.32. The topological polar surface area (TPSA) is 77.8 Å².